The molecule has 0 radical (unpaired) electrons. The molecule has 0 unspecified atom stereocenters. The Labute approximate surface area is 144 Å². The van der Waals surface area contributed by atoms with E-state index in [1.165, 1.54) is 11.5 Å². The summed E-state index contributed by atoms with van der Waals surface area (Å²) >= 11 is 1.21. The monoisotopic (exact) mass is 345 g/mol. The van der Waals surface area contributed by atoms with Crippen LogP contribution in [0.15, 0.2) is 29.9 Å². The molecular weight excluding hydrogens is 326 g/mol. The van der Waals surface area contributed by atoms with Gasteiger partial charge in [-0.3, -0.25) is 9.78 Å². The second-order valence-electron chi connectivity index (χ2n) is 6.15. The van der Waals surface area contributed by atoms with Crippen LogP contribution in [0.2, 0.25) is 0 Å². The van der Waals surface area contributed by atoms with E-state index in [1.807, 2.05) is 23.2 Å². The molecule has 24 heavy (non-hydrogen) atoms. The second kappa shape index (κ2) is 6.82. The van der Waals surface area contributed by atoms with E-state index >= 15 is 0 Å². The molecule has 1 aliphatic heterocycles. The maximum Gasteiger partial charge on any atom is 0.275 e. The highest BCUT2D eigenvalue weighted by molar-refractivity contribution is 7.03. The second-order valence-corrected chi connectivity index (χ2v) is 6.76. The van der Waals surface area contributed by atoms with Crippen molar-refractivity contribution in [1.29, 1.82) is 0 Å². The number of anilines is 1. The third-order valence-corrected chi connectivity index (χ3v) is 5.29. The van der Waals surface area contributed by atoms with Crippen LogP contribution in [0.5, 0.6) is 0 Å². The number of hydrogen-bond donors (Lipinski definition) is 1. The highest BCUT2D eigenvalue weighted by Crippen LogP contribution is 2.35. The average Bonchev–Trinajstić information content (AvgIpc) is 3.30. The maximum atomic E-state index is 12.6. The van der Waals surface area contributed by atoms with Crippen LogP contribution in [0.25, 0.3) is 0 Å². The molecule has 1 saturated carbocycles. The fraction of sp³-hybridized carbons (Fsp3) is 0.500. The van der Waals surface area contributed by atoms with E-state index in [9.17, 15) is 4.79 Å². The minimum Gasteiger partial charge on any atom is -0.383 e. The van der Waals surface area contributed by atoms with E-state index < -0.39 is 0 Å². The first kappa shape index (κ1) is 15.5. The molecule has 1 amide bonds. The Morgan fingerprint density at radius 2 is 2.42 bits per heavy atom. The van der Waals surface area contributed by atoms with Crippen molar-refractivity contribution in [1.82, 2.24) is 19.5 Å². The van der Waals surface area contributed by atoms with Crippen LogP contribution in [0.4, 0.5) is 5.69 Å². The van der Waals surface area contributed by atoms with Crippen molar-refractivity contribution in [3.05, 3.63) is 35.6 Å². The molecule has 0 spiro atoms. The molecule has 4 rings (SSSR count). The molecule has 2 fully saturated rings. The lowest BCUT2D eigenvalue weighted by atomic mass is 10.0. The van der Waals surface area contributed by atoms with Crippen LogP contribution in [-0.2, 0) is 4.74 Å². The molecule has 2 aromatic heterocycles. The first-order chi connectivity index (χ1) is 11.8. The molecule has 0 aromatic carbocycles. The summed E-state index contributed by atoms with van der Waals surface area (Å²) in [6, 6.07) is 4.06. The fourth-order valence-corrected chi connectivity index (χ4v) is 4.08. The zero-order valence-electron chi connectivity index (χ0n) is 13.2. The summed E-state index contributed by atoms with van der Waals surface area (Å²) in [5.41, 5.74) is 1.45. The topological polar surface area (TPSA) is 80.2 Å². The summed E-state index contributed by atoms with van der Waals surface area (Å²) in [6.45, 7) is 2.03. The molecule has 7 nitrogen and oxygen atoms in total. The number of nitrogens with one attached hydrogen (secondary N) is 1. The van der Waals surface area contributed by atoms with Crippen LogP contribution in [0.3, 0.4) is 0 Å². The normalized spacial score (nSPS) is 26.2. The minimum absolute atomic E-state index is 0.0251. The van der Waals surface area contributed by atoms with Crippen molar-refractivity contribution < 1.29 is 9.53 Å². The van der Waals surface area contributed by atoms with E-state index in [2.05, 4.69) is 19.9 Å². The molecule has 3 heterocycles. The van der Waals surface area contributed by atoms with Crippen molar-refractivity contribution in [3.63, 3.8) is 0 Å². The Bertz CT molecular complexity index is 681. The number of ether oxygens (including phenoxy) is 1. The van der Waals surface area contributed by atoms with Gasteiger partial charge in [0.25, 0.3) is 5.91 Å². The summed E-state index contributed by atoms with van der Waals surface area (Å²) < 4.78 is 9.82. The Kier molecular flexibility index (Phi) is 4.40. The maximum absolute atomic E-state index is 12.6. The van der Waals surface area contributed by atoms with Crippen molar-refractivity contribution in [2.45, 2.75) is 25.0 Å². The SMILES string of the molecule is O=C(c1csnn1)N1CCO[C@@H]2[C@@H](CNc3cccnc3)CC[C@@H]21. The summed E-state index contributed by atoms with van der Waals surface area (Å²) in [4.78, 5) is 18.7. The lowest BCUT2D eigenvalue weighted by molar-refractivity contribution is -0.0603. The largest absolute Gasteiger partial charge is 0.383 e. The molecular formula is C16H19N5O2S. The highest BCUT2D eigenvalue weighted by Gasteiger charge is 2.44. The van der Waals surface area contributed by atoms with Crippen molar-refractivity contribution in [3.8, 4) is 0 Å². The van der Waals surface area contributed by atoms with Crippen molar-refractivity contribution >= 4 is 23.1 Å². The average molecular weight is 345 g/mol. The number of aromatic nitrogens is 3. The van der Waals surface area contributed by atoms with Crippen LogP contribution in [-0.4, -0.2) is 57.2 Å². The third-order valence-electron chi connectivity index (χ3n) is 4.79. The summed E-state index contributed by atoms with van der Waals surface area (Å²) in [5, 5.41) is 9.05. The standard InChI is InChI=1S/C16H19N5O2S/c22-16(13-10-24-20-19-13)21-6-7-23-15-11(3-4-14(15)21)8-18-12-2-1-5-17-9-12/h1-2,5,9-11,14-15,18H,3-4,6-8H2/t11-,14+,15-/m1/s1. The van der Waals surface area contributed by atoms with Gasteiger partial charge < -0.3 is 15.0 Å². The Hall–Kier alpha value is -2.06. The Morgan fingerprint density at radius 1 is 1.46 bits per heavy atom. The van der Waals surface area contributed by atoms with Crippen molar-refractivity contribution in [2.24, 2.45) is 5.92 Å². The zero-order chi connectivity index (χ0) is 16.4. The number of hydrogen-bond acceptors (Lipinski definition) is 7. The number of pyridine rings is 1. The molecule has 1 aliphatic carbocycles. The van der Waals surface area contributed by atoms with Gasteiger partial charge in [0.15, 0.2) is 5.69 Å². The summed E-state index contributed by atoms with van der Waals surface area (Å²) in [6.07, 6.45) is 5.67. The van der Waals surface area contributed by atoms with Crippen LogP contribution < -0.4 is 5.32 Å². The van der Waals surface area contributed by atoms with Crippen LogP contribution in [0.1, 0.15) is 23.3 Å². The van der Waals surface area contributed by atoms with Gasteiger partial charge in [0.1, 0.15) is 0 Å². The molecule has 1 N–H and O–H groups in total. The minimum atomic E-state index is -0.0251. The third kappa shape index (κ3) is 2.99. The van der Waals surface area contributed by atoms with E-state index in [0.29, 0.717) is 24.8 Å². The number of rotatable bonds is 4. The molecule has 8 heteroatoms. The zero-order valence-corrected chi connectivity index (χ0v) is 14.0. The lowest BCUT2D eigenvalue weighted by Gasteiger charge is -2.39. The fourth-order valence-electron chi connectivity index (χ4n) is 3.65. The summed E-state index contributed by atoms with van der Waals surface area (Å²) in [7, 11) is 0. The number of carbonyl (C=O) groups is 1. The first-order valence-corrected chi connectivity index (χ1v) is 9.00. The predicted octanol–water partition coefficient (Wildman–Crippen LogP) is 1.66. The van der Waals surface area contributed by atoms with E-state index in [4.69, 9.17) is 4.74 Å². The van der Waals surface area contributed by atoms with E-state index in [-0.39, 0.29) is 18.1 Å². The van der Waals surface area contributed by atoms with Gasteiger partial charge in [-0.05, 0) is 36.5 Å². The number of carbonyl (C=O) groups excluding carboxylic acids is 1. The summed E-state index contributed by atoms with van der Waals surface area (Å²) in [5.74, 6) is 0.363. The molecule has 0 bridgehead atoms. The van der Waals surface area contributed by atoms with E-state index in [1.54, 1.807) is 11.6 Å². The molecule has 2 aliphatic rings. The number of nitrogens with zero attached hydrogens (tertiary/aromatic N) is 4. The quantitative estimate of drug-likeness (QED) is 0.908. The van der Waals surface area contributed by atoms with Crippen LogP contribution >= 0.6 is 11.5 Å². The Balaban J connectivity index is 1.42. The van der Waals surface area contributed by atoms with Gasteiger partial charge in [-0.15, -0.1) is 5.10 Å². The van der Waals surface area contributed by atoms with Gasteiger partial charge in [0.2, 0.25) is 0 Å². The lowest BCUT2D eigenvalue weighted by Crippen LogP contribution is -2.53. The van der Waals surface area contributed by atoms with Gasteiger partial charge >= 0.3 is 0 Å². The van der Waals surface area contributed by atoms with Gasteiger partial charge in [0, 0.05) is 36.8 Å². The smallest absolute Gasteiger partial charge is 0.275 e. The molecule has 126 valence electrons. The highest BCUT2D eigenvalue weighted by atomic mass is 32.1. The number of fused-ring (bicyclic) bond motifs is 1. The first-order valence-electron chi connectivity index (χ1n) is 8.16. The van der Waals surface area contributed by atoms with Gasteiger partial charge in [-0.25, -0.2) is 0 Å². The Morgan fingerprint density at radius 3 is 3.21 bits per heavy atom. The number of amides is 1. The molecule has 1 saturated heterocycles. The van der Waals surface area contributed by atoms with Gasteiger partial charge in [-0.1, -0.05) is 4.49 Å². The molecule has 2 aromatic rings. The van der Waals surface area contributed by atoms with Gasteiger partial charge in [-0.2, -0.15) is 0 Å². The van der Waals surface area contributed by atoms with Crippen LogP contribution in [0, 0.1) is 5.92 Å². The van der Waals surface area contributed by atoms with E-state index in [0.717, 1.165) is 25.1 Å². The predicted molar refractivity (Wildman–Crippen MR) is 89.9 cm³/mol. The number of morpholine rings is 1. The molecule has 3 atom stereocenters. The van der Waals surface area contributed by atoms with Crippen molar-refractivity contribution in [2.75, 3.05) is 25.0 Å². The van der Waals surface area contributed by atoms with Gasteiger partial charge in [0.05, 0.1) is 24.4 Å².